The van der Waals surface area contributed by atoms with E-state index in [1.54, 1.807) is 0 Å². The van der Waals surface area contributed by atoms with Crippen molar-refractivity contribution in [2.45, 2.75) is 38.5 Å². The summed E-state index contributed by atoms with van der Waals surface area (Å²) in [5.41, 5.74) is 1.20. The second-order valence-electron chi connectivity index (χ2n) is 4.95. The Morgan fingerprint density at radius 2 is 1.38 bits per heavy atom. The third-order valence-electron chi connectivity index (χ3n) is 3.63. The zero-order chi connectivity index (χ0) is 11.2. The Morgan fingerprint density at radius 1 is 0.812 bits per heavy atom. The molecular weight excluding hydrogens is 196 g/mol. The smallest absolute Gasteiger partial charge is 0.0307 e. The van der Waals surface area contributed by atoms with Crippen molar-refractivity contribution in [2.24, 2.45) is 0 Å². The van der Waals surface area contributed by atoms with Gasteiger partial charge in [-0.1, -0.05) is 6.58 Å². The van der Waals surface area contributed by atoms with Crippen LogP contribution in [0.5, 0.6) is 0 Å². The van der Waals surface area contributed by atoms with E-state index in [0.29, 0.717) is 0 Å². The van der Waals surface area contributed by atoms with E-state index < -0.39 is 0 Å². The molecule has 2 saturated heterocycles. The lowest BCUT2D eigenvalue weighted by atomic mass is 10.1. The molecule has 0 N–H and O–H groups in total. The van der Waals surface area contributed by atoms with Gasteiger partial charge in [-0.2, -0.15) is 0 Å². The molecule has 0 spiro atoms. The first-order valence-electron chi connectivity index (χ1n) is 6.72. The van der Waals surface area contributed by atoms with Crippen molar-refractivity contribution in [3.8, 4) is 0 Å². The van der Waals surface area contributed by atoms with Crippen molar-refractivity contribution in [1.82, 2.24) is 9.80 Å². The highest BCUT2D eigenvalue weighted by Crippen LogP contribution is 2.15. The molecule has 0 bridgehead atoms. The lowest BCUT2D eigenvalue weighted by Crippen LogP contribution is -2.28. The maximum atomic E-state index is 4.18. The Labute approximate surface area is 99.6 Å². The van der Waals surface area contributed by atoms with Gasteiger partial charge in [-0.25, -0.2) is 0 Å². The number of rotatable bonds is 3. The fourth-order valence-electron chi connectivity index (χ4n) is 2.55. The average molecular weight is 220 g/mol. The van der Waals surface area contributed by atoms with E-state index in [2.05, 4.69) is 28.7 Å². The van der Waals surface area contributed by atoms with Crippen LogP contribution in [-0.4, -0.2) is 36.0 Å². The maximum absolute atomic E-state index is 4.18. The number of piperidine rings is 2. The minimum atomic E-state index is 1.20. The Bertz CT molecular complexity index is 245. The van der Waals surface area contributed by atoms with Crippen LogP contribution >= 0.6 is 0 Å². The molecule has 2 heteroatoms. The van der Waals surface area contributed by atoms with Gasteiger partial charge in [0.2, 0.25) is 0 Å². The van der Waals surface area contributed by atoms with Crippen LogP contribution in [0.4, 0.5) is 0 Å². The predicted molar refractivity (Wildman–Crippen MR) is 69.1 cm³/mol. The molecule has 0 radical (unpaired) electrons. The lowest BCUT2D eigenvalue weighted by molar-refractivity contribution is 0.289. The van der Waals surface area contributed by atoms with Gasteiger partial charge in [0.1, 0.15) is 0 Å². The second kappa shape index (κ2) is 5.97. The van der Waals surface area contributed by atoms with Crippen LogP contribution in [0.1, 0.15) is 38.5 Å². The summed E-state index contributed by atoms with van der Waals surface area (Å²) in [4.78, 5) is 4.85. The van der Waals surface area contributed by atoms with Gasteiger partial charge in [0.05, 0.1) is 0 Å². The normalized spacial score (nSPS) is 22.8. The van der Waals surface area contributed by atoms with E-state index in [1.807, 2.05) is 0 Å². The summed E-state index contributed by atoms with van der Waals surface area (Å²) in [7, 11) is 0. The zero-order valence-corrected chi connectivity index (χ0v) is 10.3. The van der Waals surface area contributed by atoms with Crippen LogP contribution in [-0.2, 0) is 0 Å². The Kier molecular flexibility index (Phi) is 4.32. The number of hydrogen-bond acceptors (Lipinski definition) is 2. The molecule has 0 saturated carbocycles. The first kappa shape index (κ1) is 11.6. The summed E-state index contributed by atoms with van der Waals surface area (Å²) >= 11 is 0. The van der Waals surface area contributed by atoms with Crippen molar-refractivity contribution in [3.63, 3.8) is 0 Å². The minimum absolute atomic E-state index is 1.20. The molecule has 0 aromatic rings. The second-order valence-corrected chi connectivity index (χ2v) is 4.95. The molecule has 2 fully saturated rings. The van der Waals surface area contributed by atoms with Crippen molar-refractivity contribution in [2.75, 3.05) is 26.2 Å². The summed E-state index contributed by atoms with van der Waals surface area (Å²) in [5.74, 6) is 0. The highest BCUT2D eigenvalue weighted by molar-refractivity contribution is 5.13. The number of likely N-dealkylation sites (tertiary alicyclic amines) is 2. The highest BCUT2D eigenvalue weighted by Gasteiger charge is 2.10. The van der Waals surface area contributed by atoms with Crippen LogP contribution in [0.3, 0.4) is 0 Å². The number of hydrogen-bond donors (Lipinski definition) is 0. The van der Waals surface area contributed by atoms with Gasteiger partial charge in [0, 0.05) is 38.1 Å². The van der Waals surface area contributed by atoms with Gasteiger partial charge in [0.25, 0.3) is 0 Å². The summed E-state index contributed by atoms with van der Waals surface area (Å²) in [6.45, 7) is 9.02. The lowest BCUT2D eigenvalue weighted by Gasteiger charge is -2.30. The van der Waals surface area contributed by atoms with Crippen molar-refractivity contribution < 1.29 is 0 Å². The largest absolute Gasteiger partial charge is 0.377 e. The topological polar surface area (TPSA) is 6.48 Å². The van der Waals surface area contributed by atoms with E-state index in [4.69, 9.17) is 0 Å². The van der Waals surface area contributed by atoms with Crippen molar-refractivity contribution in [3.05, 3.63) is 24.6 Å². The number of allylic oxidation sites excluding steroid dienone is 1. The minimum Gasteiger partial charge on any atom is -0.377 e. The first-order chi connectivity index (χ1) is 7.86. The summed E-state index contributed by atoms with van der Waals surface area (Å²) in [6.07, 6.45) is 12.6. The Hall–Kier alpha value is -0.920. The molecule has 2 rings (SSSR count). The van der Waals surface area contributed by atoms with Gasteiger partial charge in [-0.05, 0) is 44.6 Å². The number of nitrogens with zero attached hydrogens (tertiary/aromatic N) is 2. The fourth-order valence-corrected chi connectivity index (χ4v) is 2.55. The van der Waals surface area contributed by atoms with Gasteiger partial charge in [-0.3, -0.25) is 0 Å². The maximum Gasteiger partial charge on any atom is 0.0307 e. The van der Waals surface area contributed by atoms with E-state index in [0.717, 1.165) is 0 Å². The third-order valence-corrected chi connectivity index (χ3v) is 3.63. The van der Waals surface area contributed by atoms with E-state index in [1.165, 1.54) is 70.4 Å². The molecule has 0 aromatic carbocycles. The standard InChI is InChI=1S/C14H24N2/c1-14(16-11-6-3-7-12-16)8-13-15-9-4-2-5-10-15/h8,13H,1-7,9-12H2/b13-8+. The Morgan fingerprint density at radius 3 is 2.00 bits per heavy atom. The molecule has 2 aliphatic heterocycles. The van der Waals surface area contributed by atoms with Crippen LogP contribution in [0.25, 0.3) is 0 Å². The van der Waals surface area contributed by atoms with E-state index in [9.17, 15) is 0 Å². The highest BCUT2D eigenvalue weighted by atomic mass is 15.1. The van der Waals surface area contributed by atoms with Gasteiger partial charge >= 0.3 is 0 Å². The molecule has 2 nitrogen and oxygen atoms in total. The summed E-state index contributed by atoms with van der Waals surface area (Å²) < 4.78 is 0. The SMILES string of the molecule is C=C(/C=C/N1CCCCC1)N1CCCCC1. The van der Waals surface area contributed by atoms with Gasteiger partial charge < -0.3 is 9.80 Å². The predicted octanol–water partition coefficient (Wildman–Crippen LogP) is 2.99. The van der Waals surface area contributed by atoms with Gasteiger partial charge in [-0.15, -0.1) is 0 Å². The molecule has 90 valence electrons. The quantitative estimate of drug-likeness (QED) is 0.675. The third kappa shape index (κ3) is 3.29. The molecule has 0 amide bonds. The fraction of sp³-hybridized carbons (Fsp3) is 0.714. The summed E-state index contributed by atoms with van der Waals surface area (Å²) in [6, 6.07) is 0. The monoisotopic (exact) mass is 220 g/mol. The molecule has 16 heavy (non-hydrogen) atoms. The average Bonchev–Trinajstić information content (AvgIpc) is 2.38. The summed E-state index contributed by atoms with van der Waals surface area (Å²) in [5, 5.41) is 0. The molecule has 0 unspecified atom stereocenters. The van der Waals surface area contributed by atoms with Crippen molar-refractivity contribution in [1.29, 1.82) is 0 Å². The Balaban J connectivity index is 1.78. The zero-order valence-electron chi connectivity index (χ0n) is 10.3. The van der Waals surface area contributed by atoms with Crippen molar-refractivity contribution >= 4 is 0 Å². The van der Waals surface area contributed by atoms with Crippen LogP contribution in [0.2, 0.25) is 0 Å². The van der Waals surface area contributed by atoms with Crippen LogP contribution in [0, 0.1) is 0 Å². The first-order valence-corrected chi connectivity index (χ1v) is 6.72. The van der Waals surface area contributed by atoms with E-state index >= 15 is 0 Å². The van der Waals surface area contributed by atoms with Crippen LogP contribution < -0.4 is 0 Å². The molecule has 2 aliphatic rings. The van der Waals surface area contributed by atoms with E-state index in [-0.39, 0.29) is 0 Å². The molecule has 0 atom stereocenters. The molecule has 2 heterocycles. The molecular formula is C14H24N2. The van der Waals surface area contributed by atoms with Gasteiger partial charge in [0.15, 0.2) is 0 Å². The molecule has 0 aromatic heterocycles. The van der Waals surface area contributed by atoms with Crippen LogP contribution in [0.15, 0.2) is 24.6 Å². The molecule has 0 aliphatic carbocycles.